The van der Waals surface area contributed by atoms with E-state index in [1.807, 2.05) is 66.9 Å². The van der Waals surface area contributed by atoms with Crippen molar-refractivity contribution in [3.8, 4) is 5.75 Å². The summed E-state index contributed by atoms with van der Waals surface area (Å²) in [6, 6.07) is 11.7. The van der Waals surface area contributed by atoms with Gasteiger partial charge in [-0.05, 0) is 50.2 Å². The lowest BCUT2D eigenvalue weighted by atomic mass is 10.1. The molecule has 1 saturated heterocycles. The van der Waals surface area contributed by atoms with E-state index in [1.165, 1.54) is 0 Å². The Bertz CT molecular complexity index is 1020. The third-order valence-electron chi connectivity index (χ3n) is 4.83. The van der Waals surface area contributed by atoms with Crippen LogP contribution in [0.5, 0.6) is 5.75 Å². The maximum atomic E-state index is 13.3. The fraction of sp³-hybridized carbons (Fsp3) is 0.318. The summed E-state index contributed by atoms with van der Waals surface area (Å²) >= 11 is 1.88. The molecule has 29 heavy (non-hydrogen) atoms. The molecule has 1 fully saturated rings. The summed E-state index contributed by atoms with van der Waals surface area (Å²) in [5.74, 6) is 2.76. The fourth-order valence-corrected chi connectivity index (χ4v) is 4.25. The average molecular weight is 409 g/mol. The van der Waals surface area contributed by atoms with Crippen molar-refractivity contribution in [3.63, 3.8) is 0 Å². The van der Waals surface area contributed by atoms with Crippen molar-refractivity contribution in [3.05, 3.63) is 53.9 Å². The smallest absolute Gasteiger partial charge is 0.257 e. The van der Waals surface area contributed by atoms with Gasteiger partial charge < -0.3 is 15.0 Å². The SMILES string of the molecule is CCOc1ccc(Nc2c(C(=O)N3CCSCC3)cnc3nc(C)ccc23)cc1. The van der Waals surface area contributed by atoms with Gasteiger partial charge in [0.2, 0.25) is 0 Å². The largest absolute Gasteiger partial charge is 0.494 e. The number of amides is 1. The molecule has 0 radical (unpaired) electrons. The Balaban J connectivity index is 1.74. The number of hydrogen-bond acceptors (Lipinski definition) is 6. The molecule has 2 aromatic heterocycles. The van der Waals surface area contributed by atoms with Gasteiger partial charge in [0.15, 0.2) is 5.65 Å². The maximum Gasteiger partial charge on any atom is 0.257 e. The number of pyridine rings is 2. The molecule has 1 amide bonds. The first-order chi connectivity index (χ1) is 14.2. The number of nitrogens with zero attached hydrogens (tertiary/aromatic N) is 3. The summed E-state index contributed by atoms with van der Waals surface area (Å²) in [7, 11) is 0. The second-order valence-corrected chi connectivity index (χ2v) is 8.08. The van der Waals surface area contributed by atoms with Gasteiger partial charge in [0, 0.05) is 47.6 Å². The van der Waals surface area contributed by atoms with Crippen molar-refractivity contribution in [1.82, 2.24) is 14.9 Å². The zero-order valence-electron chi connectivity index (χ0n) is 16.6. The lowest BCUT2D eigenvalue weighted by molar-refractivity contribution is 0.0773. The molecule has 4 rings (SSSR count). The van der Waals surface area contributed by atoms with Crippen LogP contribution >= 0.6 is 11.8 Å². The van der Waals surface area contributed by atoms with E-state index < -0.39 is 0 Å². The number of rotatable bonds is 5. The average Bonchev–Trinajstić information content (AvgIpc) is 2.75. The standard InChI is InChI=1S/C22H24N4O2S/c1-3-28-17-7-5-16(6-8-17)25-20-18-9-4-15(2)24-21(18)23-14-19(20)22(27)26-10-12-29-13-11-26/h4-9,14H,3,10-13H2,1-2H3,(H,23,24,25). The molecule has 0 spiro atoms. The molecule has 150 valence electrons. The summed E-state index contributed by atoms with van der Waals surface area (Å²) < 4.78 is 5.53. The molecule has 1 N–H and O–H groups in total. The van der Waals surface area contributed by atoms with Crippen molar-refractivity contribution < 1.29 is 9.53 Å². The van der Waals surface area contributed by atoms with Gasteiger partial charge >= 0.3 is 0 Å². The second-order valence-electron chi connectivity index (χ2n) is 6.86. The molecular formula is C22H24N4O2S. The van der Waals surface area contributed by atoms with Crippen molar-refractivity contribution in [2.24, 2.45) is 0 Å². The van der Waals surface area contributed by atoms with Crippen LogP contribution in [-0.4, -0.2) is 52.0 Å². The van der Waals surface area contributed by atoms with Crippen LogP contribution < -0.4 is 10.1 Å². The minimum atomic E-state index is 0.00807. The van der Waals surface area contributed by atoms with Crippen LogP contribution in [0.1, 0.15) is 23.0 Å². The van der Waals surface area contributed by atoms with E-state index in [9.17, 15) is 4.79 Å². The summed E-state index contributed by atoms with van der Waals surface area (Å²) in [6.45, 7) is 6.04. The minimum absolute atomic E-state index is 0.00807. The van der Waals surface area contributed by atoms with Crippen molar-refractivity contribution in [2.75, 3.05) is 36.5 Å². The normalized spacial score (nSPS) is 14.1. The molecule has 3 aromatic rings. The summed E-state index contributed by atoms with van der Waals surface area (Å²) in [5.41, 5.74) is 3.72. The first kappa shape index (κ1) is 19.5. The Morgan fingerprint density at radius 1 is 1.17 bits per heavy atom. The third-order valence-corrected chi connectivity index (χ3v) is 5.77. The Morgan fingerprint density at radius 3 is 2.66 bits per heavy atom. The topological polar surface area (TPSA) is 67.3 Å². The molecule has 0 bridgehead atoms. The number of fused-ring (bicyclic) bond motifs is 1. The first-order valence-corrected chi connectivity index (χ1v) is 10.9. The van der Waals surface area contributed by atoms with Crippen LogP contribution in [0, 0.1) is 6.92 Å². The highest BCUT2D eigenvalue weighted by molar-refractivity contribution is 7.99. The molecule has 6 nitrogen and oxygen atoms in total. The van der Waals surface area contributed by atoms with Crippen LogP contribution in [0.15, 0.2) is 42.6 Å². The van der Waals surface area contributed by atoms with Gasteiger partial charge in [0.1, 0.15) is 5.75 Å². The summed E-state index contributed by atoms with van der Waals surface area (Å²) in [6.07, 6.45) is 1.65. The van der Waals surface area contributed by atoms with E-state index >= 15 is 0 Å². The van der Waals surface area contributed by atoms with E-state index in [4.69, 9.17) is 4.74 Å². The van der Waals surface area contributed by atoms with E-state index in [2.05, 4.69) is 15.3 Å². The molecule has 1 aromatic carbocycles. The van der Waals surface area contributed by atoms with Gasteiger partial charge in [-0.15, -0.1) is 0 Å². The number of ether oxygens (including phenoxy) is 1. The number of hydrogen-bond donors (Lipinski definition) is 1. The lowest BCUT2D eigenvalue weighted by Crippen LogP contribution is -2.38. The molecular weight excluding hydrogens is 384 g/mol. The van der Waals surface area contributed by atoms with Crippen LogP contribution in [0.25, 0.3) is 11.0 Å². The number of aryl methyl sites for hydroxylation is 1. The van der Waals surface area contributed by atoms with E-state index in [1.54, 1.807) is 6.20 Å². The van der Waals surface area contributed by atoms with Crippen LogP contribution in [0.3, 0.4) is 0 Å². The number of aromatic nitrogens is 2. The molecule has 0 atom stereocenters. The number of nitrogens with one attached hydrogen (secondary N) is 1. The highest BCUT2D eigenvalue weighted by atomic mass is 32.2. The number of carbonyl (C=O) groups excluding carboxylic acids is 1. The van der Waals surface area contributed by atoms with E-state index in [-0.39, 0.29) is 5.91 Å². The van der Waals surface area contributed by atoms with Gasteiger partial charge in [0.25, 0.3) is 5.91 Å². The van der Waals surface area contributed by atoms with Crippen LogP contribution in [-0.2, 0) is 0 Å². The fourth-order valence-electron chi connectivity index (χ4n) is 3.35. The Kier molecular flexibility index (Phi) is 5.85. The van der Waals surface area contributed by atoms with Gasteiger partial charge in [-0.2, -0.15) is 11.8 Å². The molecule has 7 heteroatoms. The number of thioether (sulfide) groups is 1. The minimum Gasteiger partial charge on any atom is -0.494 e. The van der Waals surface area contributed by atoms with Gasteiger partial charge in [0.05, 0.1) is 17.9 Å². The predicted octanol–water partition coefficient (Wildman–Crippen LogP) is 4.27. The first-order valence-electron chi connectivity index (χ1n) is 9.79. The molecule has 1 aliphatic rings. The van der Waals surface area contributed by atoms with Crippen LogP contribution in [0.2, 0.25) is 0 Å². The Morgan fingerprint density at radius 2 is 1.93 bits per heavy atom. The van der Waals surface area contributed by atoms with Crippen molar-refractivity contribution in [1.29, 1.82) is 0 Å². The molecule has 0 aliphatic carbocycles. The van der Waals surface area contributed by atoms with E-state index in [0.717, 1.165) is 52.8 Å². The van der Waals surface area contributed by atoms with Gasteiger partial charge in [-0.3, -0.25) is 4.79 Å². The monoisotopic (exact) mass is 408 g/mol. The lowest BCUT2D eigenvalue weighted by Gasteiger charge is -2.27. The highest BCUT2D eigenvalue weighted by Gasteiger charge is 2.23. The van der Waals surface area contributed by atoms with Gasteiger partial charge in [-0.1, -0.05) is 0 Å². The van der Waals surface area contributed by atoms with Gasteiger partial charge in [-0.25, -0.2) is 9.97 Å². The second kappa shape index (κ2) is 8.69. The summed E-state index contributed by atoms with van der Waals surface area (Å²) in [5, 5.41) is 4.27. The highest BCUT2D eigenvalue weighted by Crippen LogP contribution is 2.30. The quantitative estimate of drug-likeness (QED) is 0.680. The van der Waals surface area contributed by atoms with Crippen LogP contribution in [0.4, 0.5) is 11.4 Å². The predicted molar refractivity (Wildman–Crippen MR) is 118 cm³/mol. The van der Waals surface area contributed by atoms with Crippen molar-refractivity contribution >= 4 is 40.1 Å². The summed E-state index contributed by atoms with van der Waals surface area (Å²) in [4.78, 5) is 24.2. The Hall–Kier alpha value is -2.80. The molecule has 0 saturated carbocycles. The number of benzene rings is 1. The zero-order valence-corrected chi connectivity index (χ0v) is 17.5. The zero-order chi connectivity index (χ0) is 20.2. The maximum absolute atomic E-state index is 13.3. The number of carbonyl (C=O) groups is 1. The molecule has 3 heterocycles. The van der Waals surface area contributed by atoms with E-state index in [0.29, 0.717) is 17.8 Å². The molecule has 0 unspecified atom stereocenters. The van der Waals surface area contributed by atoms with Crippen molar-refractivity contribution in [2.45, 2.75) is 13.8 Å². The molecule has 1 aliphatic heterocycles. The number of anilines is 2. The third kappa shape index (κ3) is 4.29. The Labute approximate surface area is 174 Å².